The molecule has 30 heavy (non-hydrogen) atoms. The summed E-state index contributed by atoms with van der Waals surface area (Å²) >= 11 is 0. The van der Waals surface area contributed by atoms with Gasteiger partial charge < -0.3 is 15.0 Å². The van der Waals surface area contributed by atoms with Crippen molar-refractivity contribution >= 4 is 22.8 Å². The monoisotopic (exact) mass is 418 g/mol. The van der Waals surface area contributed by atoms with Gasteiger partial charge >= 0.3 is 6.18 Å². The molecule has 0 radical (unpaired) electrons. The van der Waals surface area contributed by atoms with E-state index < -0.39 is 11.9 Å². The molecule has 3 aromatic heterocycles. The highest BCUT2D eigenvalue weighted by molar-refractivity contribution is 5.87. The molecule has 1 fully saturated rings. The first kappa shape index (κ1) is 20.3. The maximum absolute atomic E-state index is 13.3. The molecule has 0 saturated carbocycles. The van der Waals surface area contributed by atoms with Crippen molar-refractivity contribution in [1.82, 2.24) is 19.9 Å². The van der Waals surface area contributed by atoms with Crippen molar-refractivity contribution in [2.75, 3.05) is 23.4 Å². The minimum absolute atomic E-state index is 0.0373. The number of nitrogens with one attached hydrogen (secondary N) is 1. The molecule has 0 aromatic carbocycles. The molecule has 0 spiro atoms. The molecule has 1 aliphatic rings. The summed E-state index contributed by atoms with van der Waals surface area (Å²) in [5.74, 6) is 0.889. The fourth-order valence-electron chi connectivity index (χ4n) is 3.61. The summed E-state index contributed by atoms with van der Waals surface area (Å²) in [7, 11) is 0. The van der Waals surface area contributed by atoms with Crippen molar-refractivity contribution in [2.24, 2.45) is 0 Å². The molecule has 4 heterocycles. The van der Waals surface area contributed by atoms with Crippen LogP contribution in [0.25, 0.3) is 11.0 Å². The van der Waals surface area contributed by atoms with Gasteiger partial charge in [-0.25, -0.2) is 4.98 Å². The van der Waals surface area contributed by atoms with Crippen LogP contribution in [0.3, 0.4) is 0 Å². The predicted octanol–water partition coefficient (Wildman–Crippen LogP) is 3.66. The summed E-state index contributed by atoms with van der Waals surface area (Å²) in [6.45, 7) is 5.03. The molecule has 1 unspecified atom stereocenters. The van der Waals surface area contributed by atoms with Crippen LogP contribution in [0.4, 0.5) is 24.9 Å². The van der Waals surface area contributed by atoms with Gasteiger partial charge in [0.15, 0.2) is 5.65 Å². The zero-order chi connectivity index (χ0) is 21.3. The Labute approximate surface area is 171 Å². The first-order valence-electron chi connectivity index (χ1n) is 9.58. The predicted molar refractivity (Wildman–Crippen MR) is 106 cm³/mol. The number of rotatable bonds is 4. The average Bonchev–Trinajstić information content (AvgIpc) is 2.71. The van der Waals surface area contributed by atoms with Crippen molar-refractivity contribution < 1.29 is 17.9 Å². The van der Waals surface area contributed by atoms with Crippen LogP contribution < -0.4 is 10.2 Å². The van der Waals surface area contributed by atoms with Gasteiger partial charge in [0.25, 0.3) is 0 Å². The molecule has 0 aliphatic carbocycles. The second-order valence-electron chi connectivity index (χ2n) is 7.25. The van der Waals surface area contributed by atoms with E-state index in [-0.39, 0.29) is 24.2 Å². The quantitative estimate of drug-likeness (QED) is 0.693. The molecular formula is C20H21F3N6O. The third kappa shape index (κ3) is 4.00. The number of nitrogens with zero attached hydrogens (tertiary/aromatic N) is 5. The molecule has 1 saturated heterocycles. The van der Waals surface area contributed by atoms with Crippen LogP contribution in [0.5, 0.6) is 0 Å². The van der Waals surface area contributed by atoms with Gasteiger partial charge in [-0.1, -0.05) is 6.07 Å². The van der Waals surface area contributed by atoms with Crippen molar-refractivity contribution in [3.8, 4) is 0 Å². The lowest BCUT2D eigenvalue weighted by atomic mass is 10.2. The molecule has 158 valence electrons. The van der Waals surface area contributed by atoms with Crippen LogP contribution in [-0.4, -0.2) is 45.2 Å². The molecular weight excluding hydrogens is 397 g/mol. The lowest BCUT2D eigenvalue weighted by Crippen LogP contribution is -2.50. The summed E-state index contributed by atoms with van der Waals surface area (Å²) in [5, 5.41) is 3.67. The molecule has 2 atom stereocenters. The third-order valence-corrected chi connectivity index (χ3v) is 4.96. The minimum Gasteiger partial charge on any atom is -0.377 e. The number of aromatic nitrogens is 4. The number of ether oxygens (including phenoxy) is 1. The first-order valence-corrected chi connectivity index (χ1v) is 9.58. The number of morpholine rings is 1. The Morgan fingerprint density at radius 2 is 1.77 bits per heavy atom. The van der Waals surface area contributed by atoms with Crippen LogP contribution in [0.15, 0.2) is 36.7 Å². The smallest absolute Gasteiger partial charge is 0.377 e. The standard InChI is InChI=1S/C20H21F3N6O/c1-12-10-30-11-13(2)29(12)19-27-17-15(6-4-8-25-17)18(28-19)26-9-14-5-3-7-24-16(14)20(21,22)23/h3-8,12-13H,9-11H2,1-2H3,(H,25,26,27,28)/t12-,13?/m1/s1. The molecule has 3 aromatic rings. The van der Waals surface area contributed by atoms with Crippen molar-refractivity contribution in [1.29, 1.82) is 0 Å². The number of anilines is 2. The Bertz CT molecular complexity index is 1030. The van der Waals surface area contributed by atoms with Crippen LogP contribution in [0, 0.1) is 0 Å². The van der Waals surface area contributed by atoms with Gasteiger partial charge in [-0.15, -0.1) is 0 Å². The van der Waals surface area contributed by atoms with Gasteiger partial charge in [0.2, 0.25) is 5.95 Å². The molecule has 0 bridgehead atoms. The van der Waals surface area contributed by atoms with Gasteiger partial charge in [-0.05, 0) is 32.0 Å². The maximum atomic E-state index is 13.3. The van der Waals surface area contributed by atoms with Gasteiger partial charge in [-0.3, -0.25) is 4.98 Å². The highest BCUT2D eigenvalue weighted by Gasteiger charge is 2.35. The fourth-order valence-corrected chi connectivity index (χ4v) is 3.61. The minimum atomic E-state index is -4.53. The van der Waals surface area contributed by atoms with E-state index in [9.17, 15) is 13.2 Å². The van der Waals surface area contributed by atoms with Crippen molar-refractivity contribution in [3.05, 3.63) is 47.9 Å². The molecule has 0 amide bonds. The normalized spacial score (nSPS) is 19.8. The van der Waals surface area contributed by atoms with Crippen LogP contribution in [0.1, 0.15) is 25.1 Å². The zero-order valence-corrected chi connectivity index (χ0v) is 16.5. The van der Waals surface area contributed by atoms with Gasteiger partial charge in [0.05, 0.1) is 30.7 Å². The largest absolute Gasteiger partial charge is 0.433 e. The van der Waals surface area contributed by atoms with E-state index in [1.165, 1.54) is 12.1 Å². The van der Waals surface area contributed by atoms with Crippen LogP contribution in [0.2, 0.25) is 0 Å². The SMILES string of the molecule is CC1COC[C@@H](C)N1c1nc(NCc2cccnc2C(F)(F)F)c2cccnc2n1. The molecule has 7 nitrogen and oxygen atoms in total. The third-order valence-electron chi connectivity index (χ3n) is 4.96. The first-order chi connectivity index (χ1) is 14.3. The van der Waals surface area contributed by atoms with Crippen molar-refractivity contribution in [2.45, 2.75) is 38.7 Å². The summed E-state index contributed by atoms with van der Waals surface area (Å²) < 4.78 is 45.4. The zero-order valence-electron chi connectivity index (χ0n) is 16.5. The Morgan fingerprint density at radius 1 is 1.07 bits per heavy atom. The van der Waals surface area contributed by atoms with E-state index >= 15 is 0 Å². The molecule has 1 N–H and O–H groups in total. The number of alkyl halides is 3. The molecule has 1 aliphatic heterocycles. The van der Waals surface area contributed by atoms with Gasteiger partial charge in [-0.2, -0.15) is 23.1 Å². The van der Waals surface area contributed by atoms with E-state index in [0.717, 1.165) is 6.20 Å². The van der Waals surface area contributed by atoms with Crippen molar-refractivity contribution in [3.63, 3.8) is 0 Å². The lowest BCUT2D eigenvalue weighted by molar-refractivity contribution is -0.141. The summed E-state index contributed by atoms with van der Waals surface area (Å²) in [5.41, 5.74) is -0.405. The number of halogens is 3. The fraction of sp³-hybridized carbons (Fsp3) is 0.400. The molecule has 10 heteroatoms. The number of hydrogen-bond acceptors (Lipinski definition) is 7. The van der Waals surface area contributed by atoms with Gasteiger partial charge in [0, 0.05) is 24.5 Å². The Hall–Kier alpha value is -3.01. The van der Waals surface area contributed by atoms with E-state index in [1.54, 1.807) is 18.3 Å². The number of pyridine rings is 2. The Balaban J connectivity index is 1.71. The second-order valence-corrected chi connectivity index (χ2v) is 7.25. The summed E-state index contributed by atoms with van der Waals surface area (Å²) in [6.07, 6.45) is -1.77. The Morgan fingerprint density at radius 3 is 2.50 bits per heavy atom. The molecule has 4 rings (SSSR count). The topological polar surface area (TPSA) is 76.1 Å². The van der Waals surface area contributed by atoms with E-state index in [0.29, 0.717) is 36.0 Å². The van der Waals surface area contributed by atoms with E-state index in [2.05, 4.69) is 25.3 Å². The van der Waals surface area contributed by atoms with Crippen LogP contribution in [-0.2, 0) is 17.5 Å². The maximum Gasteiger partial charge on any atom is 0.433 e. The summed E-state index contributed by atoms with van der Waals surface area (Å²) in [6, 6.07) is 6.51. The second kappa shape index (κ2) is 8.02. The van der Waals surface area contributed by atoms with E-state index in [1.807, 2.05) is 18.7 Å². The number of fused-ring (bicyclic) bond motifs is 1. The number of hydrogen-bond donors (Lipinski definition) is 1. The summed E-state index contributed by atoms with van der Waals surface area (Å²) in [4.78, 5) is 19.1. The van der Waals surface area contributed by atoms with Gasteiger partial charge in [0.1, 0.15) is 11.5 Å². The lowest BCUT2D eigenvalue weighted by Gasteiger charge is -2.38. The highest BCUT2D eigenvalue weighted by Crippen LogP contribution is 2.31. The average molecular weight is 418 g/mol. The highest BCUT2D eigenvalue weighted by atomic mass is 19.4. The van der Waals surface area contributed by atoms with Crippen LogP contribution >= 0.6 is 0 Å². The van der Waals surface area contributed by atoms with E-state index in [4.69, 9.17) is 4.74 Å². The Kier molecular flexibility index (Phi) is 5.42.